The van der Waals surface area contributed by atoms with Crippen molar-refractivity contribution >= 4 is 5.97 Å². The van der Waals surface area contributed by atoms with E-state index < -0.39 is 12.4 Å². The Balaban J connectivity index is 0.000000309. The lowest BCUT2D eigenvalue weighted by molar-refractivity contribution is -0.142. The van der Waals surface area contributed by atoms with E-state index in [1.807, 2.05) is 0 Å². The molecule has 0 aromatic rings. The molecule has 248 valence electrons. The van der Waals surface area contributed by atoms with Gasteiger partial charge in [-0.1, -0.05) is 21.4 Å². The molecule has 2 heterocycles. The van der Waals surface area contributed by atoms with Crippen molar-refractivity contribution in [2.24, 2.45) is 29.6 Å². The highest BCUT2D eigenvalue weighted by Gasteiger charge is 2.51. The van der Waals surface area contributed by atoms with E-state index in [1.165, 1.54) is 0 Å². The highest BCUT2D eigenvalue weighted by atomic mass is 16.6. The molecule has 3 aliphatic carbocycles. The molecular weight excluding hydrogens is 548 g/mol. The van der Waals surface area contributed by atoms with Gasteiger partial charge < -0.3 is 48.1 Å². The van der Waals surface area contributed by atoms with Gasteiger partial charge in [-0.05, 0) is 11.5 Å². The van der Waals surface area contributed by atoms with E-state index in [0.29, 0.717) is 56.3 Å². The van der Waals surface area contributed by atoms with Crippen molar-refractivity contribution in [3.05, 3.63) is 12.2 Å². The Morgan fingerprint density at radius 3 is 1.79 bits per heavy atom. The quantitative estimate of drug-likeness (QED) is 0.297. The molecule has 5 aliphatic rings. The first-order valence-corrected chi connectivity index (χ1v) is 14.2. The second kappa shape index (κ2) is 18.6. The summed E-state index contributed by atoms with van der Waals surface area (Å²) in [4.78, 5) is 11.1. The number of hydrogen-bond acceptors (Lipinski definition) is 11. The fourth-order valence-electron chi connectivity index (χ4n) is 7.13. The Morgan fingerprint density at radius 1 is 0.738 bits per heavy atom. The van der Waals surface area contributed by atoms with Crippen LogP contribution in [-0.2, 0) is 42.7 Å². The average Bonchev–Trinajstić information content (AvgIpc) is 3.71. The van der Waals surface area contributed by atoms with Crippen LogP contribution in [-0.4, -0.2) is 122 Å². The molecule has 3 saturated carbocycles. The first kappa shape index (κ1) is 38.9. The van der Waals surface area contributed by atoms with Gasteiger partial charge in [0.05, 0.1) is 56.8 Å². The Labute approximate surface area is 253 Å². The van der Waals surface area contributed by atoms with E-state index in [0.717, 1.165) is 24.8 Å². The van der Waals surface area contributed by atoms with Gasteiger partial charge in [0.25, 0.3) is 0 Å². The van der Waals surface area contributed by atoms with Crippen LogP contribution in [0.2, 0.25) is 0 Å². The van der Waals surface area contributed by atoms with Crippen molar-refractivity contribution < 1.29 is 52.9 Å². The van der Waals surface area contributed by atoms with Crippen LogP contribution in [0, 0.1) is 29.6 Å². The van der Waals surface area contributed by atoms with Crippen LogP contribution < -0.4 is 0 Å². The van der Waals surface area contributed by atoms with Gasteiger partial charge >= 0.3 is 5.97 Å². The number of fused-ring (bicyclic) bond motifs is 2. The van der Waals surface area contributed by atoms with Crippen molar-refractivity contribution in [2.75, 3.05) is 62.5 Å². The number of carbonyl (C=O) groups excluding carboxylic acids is 1. The third kappa shape index (κ3) is 9.18. The molecule has 0 radical (unpaired) electrons. The van der Waals surface area contributed by atoms with Crippen molar-refractivity contribution in [1.82, 2.24) is 0 Å². The minimum absolute atomic E-state index is 0. The predicted molar refractivity (Wildman–Crippen MR) is 158 cm³/mol. The molecule has 2 saturated heterocycles. The lowest BCUT2D eigenvalue weighted by Crippen LogP contribution is -2.26. The van der Waals surface area contributed by atoms with Gasteiger partial charge in [-0.3, -0.25) is 4.79 Å². The molecule has 0 aromatic heterocycles. The predicted octanol–water partition coefficient (Wildman–Crippen LogP) is 2.85. The SMILES string of the molecule is C.C.C=C1[C@H](O)C[C@H](OC)[C@H]1COC.COC[C@H]1C2CC(=O)O[C@@H]2C[C@@H]1OC.COC[C@H]1C2CC(O)O[C@@H]2C[C@@H]1OC. The van der Waals surface area contributed by atoms with Crippen molar-refractivity contribution in [3.63, 3.8) is 0 Å². The molecule has 11 heteroatoms. The van der Waals surface area contributed by atoms with E-state index in [-0.39, 0.29) is 57.3 Å². The van der Waals surface area contributed by atoms with Gasteiger partial charge in [-0.2, -0.15) is 0 Å². The summed E-state index contributed by atoms with van der Waals surface area (Å²) in [5.41, 5.74) is 0.837. The number of aliphatic hydroxyl groups excluding tert-OH is 2. The molecule has 42 heavy (non-hydrogen) atoms. The topological polar surface area (TPSA) is 131 Å². The molecule has 2 N–H and O–H groups in total. The highest BCUT2D eigenvalue weighted by molar-refractivity contribution is 5.72. The molecule has 12 atom stereocenters. The summed E-state index contributed by atoms with van der Waals surface area (Å²) < 4.78 is 42.0. The Kier molecular flexibility index (Phi) is 17.2. The standard InChI is InChI=1S/C10H18O4.C10H16O4.C9H16O3.2CH4/c2*1-12-5-7-6-3-10(11)14-9(6)4-8(7)13-2;1-6-7(5-11-2)9(12-3)4-8(6)10;;/h6-11H,3-5H2,1-2H3;6-9H,3-5H2,1-2H3;7-10H,1,4-5H2,2-3H3;2*1H4/t6?,7-,8-,9+,10?;6?,7-,8-,9+;7-,8+,9-;;/m000../s1. The number of ether oxygens (including phenoxy) is 8. The fourth-order valence-corrected chi connectivity index (χ4v) is 7.13. The zero-order valence-electron chi connectivity index (χ0n) is 24.9. The van der Waals surface area contributed by atoms with Gasteiger partial charge in [0, 0.05) is 92.0 Å². The molecule has 0 aromatic carbocycles. The highest BCUT2D eigenvalue weighted by Crippen LogP contribution is 2.44. The lowest BCUT2D eigenvalue weighted by Gasteiger charge is -2.21. The van der Waals surface area contributed by atoms with Crippen LogP contribution in [0.3, 0.4) is 0 Å². The maximum Gasteiger partial charge on any atom is 0.306 e. The summed E-state index contributed by atoms with van der Waals surface area (Å²) >= 11 is 0. The molecule has 2 aliphatic heterocycles. The number of esters is 1. The molecule has 11 nitrogen and oxygen atoms in total. The summed E-state index contributed by atoms with van der Waals surface area (Å²) in [5.74, 6) is 1.45. The molecule has 3 unspecified atom stereocenters. The molecule has 5 rings (SSSR count). The smallest absolute Gasteiger partial charge is 0.306 e. The number of carbonyl (C=O) groups is 1. The first-order valence-electron chi connectivity index (χ1n) is 14.2. The van der Waals surface area contributed by atoms with Gasteiger partial charge in [-0.15, -0.1) is 0 Å². The summed E-state index contributed by atoms with van der Waals surface area (Å²) in [7, 11) is 10.1. The van der Waals surface area contributed by atoms with Gasteiger partial charge in [0.2, 0.25) is 0 Å². The number of hydrogen-bond donors (Lipinski definition) is 2. The molecular formula is C31H58O11. The van der Waals surface area contributed by atoms with Crippen LogP contribution in [0.25, 0.3) is 0 Å². The minimum Gasteiger partial charge on any atom is -0.462 e. The zero-order valence-corrected chi connectivity index (χ0v) is 24.9. The maximum absolute atomic E-state index is 11.1. The number of rotatable bonds is 9. The van der Waals surface area contributed by atoms with E-state index in [9.17, 15) is 15.0 Å². The third-order valence-corrected chi connectivity index (χ3v) is 9.21. The second-order valence-electron chi connectivity index (χ2n) is 11.3. The lowest BCUT2D eigenvalue weighted by atomic mass is 9.93. The number of methoxy groups -OCH3 is 6. The van der Waals surface area contributed by atoms with Crippen LogP contribution in [0.5, 0.6) is 0 Å². The number of aliphatic hydroxyl groups is 2. The van der Waals surface area contributed by atoms with Gasteiger partial charge in [0.1, 0.15) is 6.10 Å². The van der Waals surface area contributed by atoms with E-state index in [2.05, 4.69) is 6.58 Å². The van der Waals surface area contributed by atoms with Crippen molar-refractivity contribution in [3.8, 4) is 0 Å². The Hall–Kier alpha value is -1.15. The summed E-state index contributed by atoms with van der Waals surface area (Å²) in [6.07, 6.45) is 3.27. The summed E-state index contributed by atoms with van der Waals surface area (Å²) in [6, 6.07) is 0. The van der Waals surface area contributed by atoms with Crippen LogP contribution >= 0.6 is 0 Å². The minimum atomic E-state index is -0.581. The monoisotopic (exact) mass is 606 g/mol. The average molecular weight is 607 g/mol. The maximum atomic E-state index is 11.1. The molecule has 0 spiro atoms. The van der Waals surface area contributed by atoms with E-state index in [1.54, 1.807) is 42.7 Å². The van der Waals surface area contributed by atoms with Crippen LogP contribution in [0.15, 0.2) is 12.2 Å². The molecule has 0 amide bonds. The van der Waals surface area contributed by atoms with Gasteiger partial charge in [0.15, 0.2) is 6.29 Å². The second-order valence-corrected chi connectivity index (χ2v) is 11.3. The van der Waals surface area contributed by atoms with E-state index >= 15 is 0 Å². The van der Waals surface area contributed by atoms with Gasteiger partial charge in [-0.25, -0.2) is 0 Å². The van der Waals surface area contributed by atoms with Crippen LogP contribution in [0.4, 0.5) is 0 Å². The first-order chi connectivity index (χ1) is 19.2. The Bertz CT molecular complexity index is 795. The van der Waals surface area contributed by atoms with E-state index in [4.69, 9.17) is 37.9 Å². The fraction of sp³-hybridized carbons (Fsp3) is 0.903. The molecule has 0 bridgehead atoms. The normalized spacial score (nSPS) is 39.6. The summed E-state index contributed by atoms with van der Waals surface area (Å²) in [5, 5.41) is 18.8. The third-order valence-electron chi connectivity index (χ3n) is 9.21. The van der Waals surface area contributed by atoms with Crippen molar-refractivity contribution in [1.29, 1.82) is 0 Å². The largest absolute Gasteiger partial charge is 0.462 e. The Morgan fingerprint density at radius 2 is 1.26 bits per heavy atom. The zero-order chi connectivity index (χ0) is 29.4. The van der Waals surface area contributed by atoms with Crippen LogP contribution in [0.1, 0.15) is 47.0 Å². The summed E-state index contributed by atoms with van der Waals surface area (Å²) in [6.45, 7) is 5.74. The van der Waals surface area contributed by atoms with Crippen molar-refractivity contribution in [2.45, 2.75) is 89.9 Å². The molecule has 5 fully saturated rings.